The molecule has 0 aliphatic heterocycles. The minimum Gasteiger partial charge on any atom is -0.507 e. The van der Waals surface area contributed by atoms with Crippen molar-refractivity contribution in [1.82, 2.24) is 14.8 Å². The van der Waals surface area contributed by atoms with E-state index in [2.05, 4.69) is 71.3 Å². The Kier molecular flexibility index (Phi) is 4.41. The predicted octanol–water partition coefficient (Wildman–Crippen LogP) is 5.81. The molecule has 0 saturated carbocycles. The van der Waals surface area contributed by atoms with E-state index in [1.54, 1.807) is 10.9 Å². The van der Waals surface area contributed by atoms with Crippen LogP contribution in [0.4, 0.5) is 0 Å². The van der Waals surface area contributed by atoms with Crippen molar-refractivity contribution in [1.29, 1.82) is 0 Å². The number of aromatic nitrogens is 3. The highest BCUT2D eigenvalue weighted by molar-refractivity contribution is 5.92. The lowest BCUT2D eigenvalue weighted by Crippen LogP contribution is -2.17. The van der Waals surface area contributed by atoms with E-state index >= 15 is 0 Å². The molecule has 1 N–H and O–H groups in total. The highest BCUT2D eigenvalue weighted by Crippen LogP contribution is 2.42. The van der Waals surface area contributed by atoms with Crippen LogP contribution in [0.3, 0.4) is 0 Å². The number of fused-ring (bicyclic) bond motifs is 1. The number of pyridine rings is 1. The first-order chi connectivity index (χ1) is 12.4. The van der Waals surface area contributed by atoms with Gasteiger partial charge in [0.15, 0.2) is 5.65 Å². The molecule has 0 amide bonds. The van der Waals surface area contributed by atoms with Crippen LogP contribution >= 0.6 is 0 Å². The molecule has 142 valence electrons. The molecule has 0 fully saturated rings. The lowest BCUT2D eigenvalue weighted by atomic mass is 9.78. The van der Waals surface area contributed by atoms with Crippen LogP contribution in [0.2, 0.25) is 0 Å². The molecule has 1 aromatic carbocycles. The highest BCUT2D eigenvalue weighted by atomic mass is 16.3. The molecular weight excluding hydrogens is 334 g/mol. The van der Waals surface area contributed by atoms with E-state index in [1.165, 1.54) is 0 Å². The van der Waals surface area contributed by atoms with E-state index in [-0.39, 0.29) is 10.8 Å². The van der Waals surface area contributed by atoms with Crippen molar-refractivity contribution in [3.63, 3.8) is 0 Å². The Morgan fingerprint density at radius 1 is 1.00 bits per heavy atom. The maximum atomic E-state index is 11.0. The van der Waals surface area contributed by atoms with E-state index in [0.717, 1.165) is 39.1 Å². The third-order valence-corrected chi connectivity index (χ3v) is 4.87. The first-order valence-corrected chi connectivity index (χ1v) is 9.30. The quantitative estimate of drug-likeness (QED) is 0.625. The van der Waals surface area contributed by atoms with Crippen molar-refractivity contribution in [3.05, 3.63) is 47.7 Å². The van der Waals surface area contributed by atoms with Crippen LogP contribution in [0.1, 0.15) is 58.4 Å². The van der Waals surface area contributed by atoms with Gasteiger partial charge in [-0.25, -0.2) is 9.67 Å². The van der Waals surface area contributed by atoms with E-state index < -0.39 is 0 Å². The van der Waals surface area contributed by atoms with Gasteiger partial charge in [-0.15, -0.1) is 0 Å². The standard InChI is InChI=1S/C23H29N3O/c1-9-26-21-16(11-10-14(2)24-21)19(25-26)15-12-17(22(3,4)5)20(27)18(13-15)23(6,7)8/h9-13,27H,1H2,2-8H3. The van der Waals surface area contributed by atoms with Gasteiger partial charge in [0.05, 0.1) is 0 Å². The summed E-state index contributed by atoms with van der Waals surface area (Å²) in [5.74, 6) is 0.375. The summed E-state index contributed by atoms with van der Waals surface area (Å²) in [5.41, 5.74) is 5.04. The molecule has 4 nitrogen and oxygen atoms in total. The van der Waals surface area contributed by atoms with Crippen LogP contribution in [0, 0.1) is 6.92 Å². The van der Waals surface area contributed by atoms with E-state index in [9.17, 15) is 5.11 Å². The number of aryl methyl sites for hydroxylation is 1. The molecule has 0 aliphatic rings. The van der Waals surface area contributed by atoms with Gasteiger partial charge in [-0.3, -0.25) is 0 Å². The van der Waals surface area contributed by atoms with Gasteiger partial charge in [0, 0.05) is 34.0 Å². The summed E-state index contributed by atoms with van der Waals surface area (Å²) in [6, 6.07) is 8.16. The molecule has 0 radical (unpaired) electrons. The minimum atomic E-state index is -0.189. The van der Waals surface area contributed by atoms with Gasteiger partial charge in [-0.05, 0) is 42.0 Å². The average Bonchev–Trinajstić information content (AvgIpc) is 2.90. The summed E-state index contributed by atoms with van der Waals surface area (Å²) in [7, 11) is 0. The van der Waals surface area contributed by atoms with Gasteiger partial charge >= 0.3 is 0 Å². The Labute approximate surface area is 161 Å². The Morgan fingerprint density at radius 2 is 1.56 bits per heavy atom. The van der Waals surface area contributed by atoms with Crippen LogP contribution in [0.25, 0.3) is 28.5 Å². The normalized spacial score (nSPS) is 12.6. The number of hydrogen-bond donors (Lipinski definition) is 1. The second kappa shape index (κ2) is 6.22. The fourth-order valence-corrected chi connectivity index (χ4v) is 3.37. The van der Waals surface area contributed by atoms with Crippen LogP contribution in [0.15, 0.2) is 30.8 Å². The van der Waals surface area contributed by atoms with Crippen molar-refractivity contribution in [3.8, 4) is 17.0 Å². The highest BCUT2D eigenvalue weighted by Gasteiger charge is 2.27. The smallest absolute Gasteiger partial charge is 0.163 e. The van der Waals surface area contributed by atoms with E-state index in [4.69, 9.17) is 5.10 Å². The van der Waals surface area contributed by atoms with Gasteiger partial charge in [-0.2, -0.15) is 5.10 Å². The fourth-order valence-electron chi connectivity index (χ4n) is 3.37. The third kappa shape index (κ3) is 3.36. The van der Waals surface area contributed by atoms with Crippen LogP contribution in [-0.4, -0.2) is 19.9 Å². The molecule has 0 unspecified atom stereocenters. The average molecular weight is 364 g/mol. The van der Waals surface area contributed by atoms with Gasteiger partial charge in [0.2, 0.25) is 0 Å². The zero-order valence-electron chi connectivity index (χ0n) is 17.4. The number of rotatable bonds is 2. The molecule has 0 saturated heterocycles. The zero-order chi connectivity index (χ0) is 20.1. The summed E-state index contributed by atoms with van der Waals surface area (Å²) in [6.45, 7) is 18.5. The molecule has 2 aromatic heterocycles. The fraction of sp³-hybridized carbons (Fsp3) is 0.391. The maximum absolute atomic E-state index is 11.0. The molecular formula is C23H29N3O. The van der Waals surface area contributed by atoms with Crippen LogP contribution in [0.5, 0.6) is 5.75 Å². The molecule has 0 bridgehead atoms. The molecule has 2 heterocycles. The molecule has 4 heteroatoms. The first-order valence-electron chi connectivity index (χ1n) is 9.30. The van der Waals surface area contributed by atoms with Crippen molar-refractivity contribution < 1.29 is 5.11 Å². The number of benzene rings is 1. The van der Waals surface area contributed by atoms with Crippen molar-refractivity contribution in [2.45, 2.75) is 59.3 Å². The monoisotopic (exact) mass is 363 g/mol. The topological polar surface area (TPSA) is 50.9 Å². The van der Waals surface area contributed by atoms with Crippen LogP contribution < -0.4 is 0 Å². The largest absolute Gasteiger partial charge is 0.507 e. The Hall–Kier alpha value is -2.62. The second-order valence-electron chi connectivity index (χ2n) is 9.22. The number of nitrogens with zero attached hydrogens (tertiary/aromatic N) is 3. The van der Waals surface area contributed by atoms with E-state index in [0.29, 0.717) is 5.75 Å². The Balaban J connectivity index is 2.39. The van der Waals surface area contributed by atoms with Gasteiger partial charge in [0.25, 0.3) is 0 Å². The predicted molar refractivity (Wildman–Crippen MR) is 113 cm³/mol. The molecule has 0 atom stereocenters. The summed E-state index contributed by atoms with van der Waals surface area (Å²) in [4.78, 5) is 4.63. The van der Waals surface area contributed by atoms with Gasteiger partial charge in [0.1, 0.15) is 11.4 Å². The number of phenols is 1. The number of hydrogen-bond acceptors (Lipinski definition) is 3. The SMILES string of the molecule is C=Cn1nc(-c2cc(C(C)(C)C)c(O)c(C(C)(C)C)c2)c2ccc(C)nc21. The minimum absolute atomic E-state index is 0.189. The lowest BCUT2D eigenvalue weighted by molar-refractivity contribution is 0.423. The molecule has 27 heavy (non-hydrogen) atoms. The van der Waals surface area contributed by atoms with Crippen molar-refractivity contribution in [2.75, 3.05) is 0 Å². The second-order valence-corrected chi connectivity index (χ2v) is 9.22. The van der Waals surface area contributed by atoms with E-state index in [1.807, 2.05) is 13.0 Å². The first kappa shape index (κ1) is 19.2. The molecule has 3 aromatic rings. The van der Waals surface area contributed by atoms with Crippen molar-refractivity contribution >= 4 is 17.2 Å². The lowest BCUT2D eigenvalue weighted by Gasteiger charge is -2.28. The molecule has 0 spiro atoms. The number of aromatic hydroxyl groups is 1. The van der Waals surface area contributed by atoms with Gasteiger partial charge < -0.3 is 5.11 Å². The van der Waals surface area contributed by atoms with Crippen molar-refractivity contribution in [2.24, 2.45) is 0 Å². The summed E-state index contributed by atoms with van der Waals surface area (Å²) in [6.07, 6.45) is 1.67. The third-order valence-electron chi connectivity index (χ3n) is 4.87. The summed E-state index contributed by atoms with van der Waals surface area (Å²) in [5, 5.41) is 16.7. The summed E-state index contributed by atoms with van der Waals surface area (Å²) < 4.78 is 1.72. The zero-order valence-corrected chi connectivity index (χ0v) is 17.4. The summed E-state index contributed by atoms with van der Waals surface area (Å²) >= 11 is 0. The number of phenolic OH excluding ortho intramolecular Hbond substituents is 1. The Morgan fingerprint density at radius 3 is 2.04 bits per heavy atom. The van der Waals surface area contributed by atoms with Crippen LogP contribution in [-0.2, 0) is 10.8 Å². The Bertz CT molecular complexity index is 995. The molecule has 0 aliphatic carbocycles. The van der Waals surface area contributed by atoms with Gasteiger partial charge in [-0.1, -0.05) is 48.1 Å². The maximum Gasteiger partial charge on any atom is 0.163 e. The molecule has 3 rings (SSSR count).